The van der Waals surface area contributed by atoms with Gasteiger partial charge in [0.05, 0.1) is 6.42 Å². The molecule has 4 nitrogen and oxygen atoms in total. The third-order valence-corrected chi connectivity index (χ3v) is 4.73. The quantitative estimate of drug-likeness (QED) is 0.573. The van der Waals surface area contributed by atoms with Crippen molar-refractivity contribution >= 4 is 27.3 Å². The molecule has 2 aromatic heterocycles. The molecule has 1 unspecified atom stereocenters. The van der Waals surface area contributed by atoms with Crippen LogP contribution in [0.25, 0.3) is 0 Å². The van der Waals surface area contributed by atoms with Crippen LogP contribution in [-0.4, -0.2) is 10.1 Å². The van der Waals surface area contributed by atoms with Crippen LogP contribution >= 0.6 is 27.3 Å². The van der Waals surface area contributed by atoms with Crippen molar-refractivity contribution in [3.63, 3.8) is 0 Å². The summed E-state index contributed by atoms with van der Waals surface area (Å²) in [4.78, 5) is 5.72. The van der Waals surface area contributed by atoms with E-state index in [1.165, 1.54) is 4.88 Å². The van der Waals surface area contributed by atoms with Gasteiger partial charge in [-0.15, -0.1) is 11.3 Å². The van der Waals surface area contributed by atoms with Crippen molar-refractivity contribution in [2.75, 3.05) is 0 Å². The van der Waals surface area contributed by atoms with E-state index in [2.05, 4.69) is 46.0 Å². The molecule has 1 aromatic carbocycles. The molecule has 6 heteroatoms. The lowest BCUT2D eigenvalue weighted by Gasteiger charge is -2.19. The lowest BCUT2D eigenvalue weighted by Crippen LogP contribution is -2.16. The summed E-state index contributed by atoms with van der Waals surface area (Å²) in [5, 5.41) is 6.16. The number of hydrogen-bond acceptors (Lipinski definition) is 5. The van der Waals surface area contributed by atoms with Crippen molar-refractivity contribution in [1.82, 2.24) is 10.1 Å². The van der Waals surface area contributed by atoms with Crippen LogP contribution in [0.4, 0.5) is 0 Å². The Labute approximate surface area is 147 Å². The van der Waals surface area contributed by atoms with Crippen molar-refractivity contribution in [2.24, 2.45) is 5.92 Å². The Morgan fingerprint density at radius 2 is 2.00 bits per heavy atom. The summed E-state index contributed by atoms with van der Waals surface area (Å²) in [5.41, 5.74) is 0. The Hall–Kier alpha value is -1.66. The number of nitrogens with zero attached hydrogens (tertiary/aromatic N) is 2. The molecule has 3 rings (SSSR count). The Bertz CT molecular complexity index is 738. The molecule has 0 radical (unpaired) electrons. The first-order valence-corrected chi connectivity index (χ1v) is 9.06. The van der Waals surface area contributed by atoms with Crippen LogP contribution in [0.5, 0.6) is 5.75 Å². The summed E-state index contributed by atoms with van der Waals surface area (Å²) in [6, 6.07) is 11.8. The molecule has 0 fully saturated rings. The normalized spacial score (nSPS) is 12.5. The van der Waals surface area contributed by atoms with E-state index in [1.807, 2.05) is 35.7 Å². The molecule has 0 aliphatic rings. The van der Waals surface area contributed by atoms with Gasteiger partial charge >= 0.3 is 0 Å². The number of rotatable bonds is 6. The van der Waals surface area contributed by atoms with Crippen molar-refractivity contribution in [3.05, 3.63) is 62.8 Å². The number of halogens is 1. The minimum atomic E-state index is -0.239. The lowest BCUT2D eigenvalue weighted by molar-refractivity contribution is 0.141. The summed E-state index contributed by atoms with van der Waals surface area (Å²) in [6.45, 7) is 4.16. The van der Waals surface area contributed by atoms with E-state index in [9.17, 15) is 0 Å². The summed E-state index contributed by atoms with van der Waals surface area (Å²) >= 11 is 5.10. The van der Waals surface area contributed by atoms with Crippen LogP contribution in [0.15, 0.2) is 50.8 Å². The highest BCUT2D eigenvalue weighted by molar-refractivity contribution is 9.10. The third kappa shape index (κ3) is 4.20. The number of thiophene rings is 1. The standard InChI is InChI=1S/C17H17BrN2O2S/c1-11(2)16(21-13-7-5-12(18)6-8-13)17-19-15(22-20-17)10-14-4-3-9-23-14/h3-9,11,16H,10H2,1-2H3. The van der Waals surface area contributed by atoms with Crippen LogP contribution in [0.3, 0.4) is 0 Å². The SMILES string of the molecule is CC(C)C(Oc1ccc(Br)cc1)c1noc(Cc2cccs2)n1. The number of hydrogen-bond donors (Lipinski definition) is 0. The van der Waals surface area contributed by atoms with Gasteiger partial charge in [0.25, 0.3) is 0 Å². The van der Waals surface area contributed by atoms with E-state index in [0.717, 1.165) is 10.2 Å². The predicted molar refractivity (Wildman–Crippen MR) is 93.8 cm³/mol. The Morgan fingerprint density at radius 3 is 2.65 bits per heavy atom. The van der Waals surface area contributed by atoms with Crippen molar-refractivity contribution in [2.45, 2.75) is 26.4 Å². The summed E-state index contributed by atoms with van der Waals surface area (Å²) in [7, 11) is 0. The predicted octanol–water partition coefficient (Wildman–Crippen LogP) is 5.26. The topological polar surface area (TPSA) is 48.2 Å². The fraction of sp³-hybridized carbons (Fsp3) is 0.294. The second-order valence-corrected chi connectivity index (χ2v) is 7.49. The average Bonchev–Trinajstić information content (AvgIpc) is 3.19. The van der Waals surface area contributed by atoms with Gasteiger partial charge in [-0.05, 0) is 41.6 Å². The molecule has 0 amide bonds. The van der Waals surface area contributed by atoms with E-state index in [1.54, 1.807) is 11.3 Å². The second-order valence-electron chi connectivity index (χ2n) is 5.54. The van der Waals surface area contributed by atoms with Crippen LogP contribution in [0.1, 0.15) is 36.5 Å². The third-order valence-electron chi connectivity index (χ3n) is 3.33. The second kappa shape index (κ2) is 7.27. The van der Waals surface area contributed by atoms with Gasteiger partial charge in [0, 0.05) is 9.35 Å². The van der Waals surface area contributed by atoms with Gasteiger partial charge in [-0.25, -0.2) is 0 Å². The highest BCUT2D eigenvalue weighted by atomic mass is 79.9. The van der Waals surface area contributed by atoms with Gasteiger partial charge in [0.1, 0.15) is 5.75 Å². The molecule has 0 saturated heterocycles. The van der Waals surface area contributed by atoms with Crippen LogP contribution in [0.2, 0.25) is 0 Å². The van der Waals surface area contributed by atoms with E-state index in [4.69, 9.17) is 9.26 Å². The zero-order valence-corrected chi connectivity index (χ0v) is 15.3. The average molecular weight is 393 g/mol. The minimum absolute atomic E-state index is 0.228. The van der Waals surface area contributed by atoms with Crippen molar-refractivity contribution in [1.29, 1.82) is 0 Å². The Morgan fingerprint density at radius 1 is 1.22 bits per heavy atom. The molecule has 2 heterocycles. The maximum atomic E-state index is 6.06. The molecule has 0 aliphatic carbocycles. The zero-order chi connectivity index (χ0) is 16.2. The van der Waals surface area contributed by atoms with Gasteiger partial charge < -0.3 is 9.26 Å². The molecule has 0 bridgehead atoms. The Kier molecular flexibility index (Phi) is 5.13. The first kappa shape index (κ1) is 16.2. The smallest absolute Gasteiger partial charge is 0.232 e. The van der Waals surface area contributed by atoms with E-state index in [0.29, 0.717) is 18.1 Å². The highest BCUT2D eigenvalue weighted by Crippen LogP contribution is 2.28. The molecule has 3 aromatic rings. The van der Waals surface area contributed by atoms with Crippen molar-refractivity contribution < 1.29 is 9.26 Å². The molecule has 0 N–H and O–H groups in total. The number of aromatic nitrogens is 2. The molecule has 120 valence electrons. The Balaban J connectivity index is 1.75. The largest absolute Gasteiger partial charge is 0.482 e. The van der Waals surface area contributed by atoms with Gasteiger partial charge in [0.15, 0.2) is 6.10 Å². The molecule has 0 saturated carbocycles. The molecule has 0 aliphatic heterocycles. The van der Waals surface area contributed by atoms with Gasteiger partial charge in [-0.1, -0.05) is 41.0 Å². The summed E-state index contributed by atoms with van der Waals surface area (Å²) in [6.07, 6.45) is 0.422. The molecule has 1 atom stereocenters. The first-order valence-electron chi connectivity index (χ1n) is 7.39. The fourth-order valence-corrected chi connectivity index (χ4v) is 3.12. The lowest BCUT2D eigenvalue weighted by atomic mass is 10.1. The van der Waals surface area contributed by atoms with E-state index < -0.39 is 0 Å². The van der Waals surface area contributed by atoms with Crippen LogP contribution < -0.4 is 4.74 Å². The molecule has 23 heavy (non-hydrogen) atoms. The summed E-state index contributed by atoms with van der Waals surface area (Å²) in [5.74, 6) is 2.23. The van der Waals surface area contributed by atoms with Crippen molar-refractivity contribution in [3.8, 4) is 5.75 Å². The zero-order valence-electron chi connectivity index (χ0n) is 12.9. The highest BCUT2D eigenvalue weighted by Gasteiger charge is 2.24. The maximum absolute atomic E-state index is 6.06. The van der Waals surface area contributed by atoms with Crippen LogP contribution in [0, 0.1) is 5.92 Å². The molecule has 0 spiro atoms. The van der Waals surface area contributed by atoms with E-state index >= 15 is 0 Å². The van der Waals surface area contributed by atoms with Gasteiger partial charge in [-0.3, -0.25) is 0 Å². The first-order chi connectivity index (χ1) is 11.1. The van der Waals surface area contributed by atoms with Crippen LogP contribution in [-0.2, 0) is 6.42 Å². The molecular weight excluding hydrogens is 376 g/mol. The summed E-state index contributed by atoms with van der Waals surface area (Å²) < 4.78 is 12.5. The van der Waals surface area contributed by atoms with Gasteiger partial charge in [-0.2, -0.15) is 4.98 Å². The fourth-order valence-electron chi connectivity index (χ4n) is 2.16. The van der Waals surface area contributed by atoms with Gasteiger partial charge in [0.2, 0.25) is 11.7 Å². The minimum Gasteiger partial charge on any atom is -0.482 e. The number of benzene rings is 1. The number of ether oxygens (including phenoxy) is 1. The maximum Gasteiger partial charge on any atom is 0.232 e. The monoisotopic (exact) mass is 392 g/mol. The van der Waals surface area contributed by atoms with E-state index in [-0.39, 0.29) is 12.0 Å². The molecular formula is C17H17BrN2O2S.